The zero-order valence-corrected chi connectivity index (χ0v) is 12.3. The van der Waals surface area contributed by atoms with Gasteiger partial charge in [0.05, 0.1) is 12.2 Å². The normalized spacial score (nSPS) is 11.2. The Bertz CT molecular complexity index is 550. The maximum atomic E-state index is 5.69. The first-order chi connectivity index (χ1) is 9.13. The largest absolute Gasteiger partial charge is 0.324 e. The Hall–Kier alpha value is -1.40. The smallest absolute Gasteiger partial charge is 0.191 e. The van der Waals surface area contributed by atoms with Gasteiger partial charge in [0.1, 0.15) is 5.82 Å². The topological polar surface area (TPSA) is 69.6 Å². The van der Waals surface area contributed by atoms with Gasteiger partial charge in [0, 0.05) is 18.0 Å². The molecule has 0 bridgehead atoms. The van der Waals surface area contributed by atoms with E-state index in [4.69, 9.17) is 5.73 Å². The van der Waals surface area contributed by atoms with E-state index < -0.39 is 0 Å². The summed E-state index contributed by atoms with van der Waals surface area (Å²) < 4.78 is 2.09. The third-order valence-corrected chi connectivity index (χ3v) is 3.84. The molecule has 0 aliphatic heterocycles. The van der Waals surface area contributed by atoms with Gasteiger partial charge in [0.2, 0.25) is 0 Å². The van der Waals surface area contributed by atoms with Crippen LogP contribution in [0.5, 0.6) is 0 Å². The van der Waals surface area contributed by atoms with E-state index in [1.54, 1.807) is 11.8 Å². The molecule has 0 radical (unpaired) electrons. The van der Waals surface area contributed by atoms with Gasteiger partial charge in [-0.05, 0) is 32.4 Å². The summed E-state index contributed by atoms with van der Waals surface area (Å²) in [6.07, 6.45) is 1.82. The van der Waals surface area contributed by atoms with Crippen molar-refractivity contribution in [2.45, 2.75) is 44.3 Å². The minimum Gasteiger partial charge on any atom is -0.324 e. The molecule has 0 fully saturated rings. The average Bonchev–Trinajstić information content (AvgIpc) is 2.81. The van der Waals surface area contributed by atoms with Crippen LogP contribution < -0.4 is 5.73 Å². The van der Waals surface area contributed by atoms with Gasteiger partial charge in [0.15, 0.2) is 5.16 Å². The molecular formula is C13H19N5S. The number of hydrogen-bond donors (Lipinski definition) is 1. The summed E-state index contributed by atoms with van der Waals surface area (Å²) in [5.74, 6) is 1.62. The van der Waals surface area contributed by atoms with E-state index in [2.05, 4.69) is 46.6 Å². The minimum absolute atomic E-state index is 0.306. The Balaban J connectivity index is 2.16. The molecule has 0 atom stereocenters. The number of nitrogens with two attached hydrogens (primary N) is 1. The zero-order chi connectivity index (χ0) is 13.8. The van der Waals surface area contributed by atoms with Gasteiger partial charge in [-0.15, -0.1) is 10.2 Å². The third-order valence-electron chi connectivity index (χ3n) is 2.89. The highest BCUT2D eigenvalue weighted by molar-refractivity contribution is 7.98. The first kappa shape index (κ1) is 14.0. The number of pyridine rings is 1. The second-order valence-corrected chi connectivity index (χ2v) is 5.56. The minimum atomic E-state index is 0.306. The molecule has 0 aliphatic rings. The fourth-order valence-electron chi connectivity index (χ4n) is 1.87. The summed E-state index contributed by atoms with van der Waals surface area (Å²) in [5.41, 5.74) is 7.97. The fraction of sp³-hybridized carbons (Fsp3) is 0.462. The van der Waals surface area contributed by atoms with E-state index in [0.29, 0.717) is 12.6 Å². The standard InChI is InChI=1S/C13H19N5S/c1-9(2)18-12(7-14)16-17-13(18)19-8-11-10(3)5-4-6-15-11/h4-6,9H,7-8,14H2,1-3H3. The van der Waals surface area contributed by atoms with Gasteiger partial charge in [-0.3, -0.25) is 4.98 Å². The van der Waals surface area contributed by atoms with Crippen LogP contribution >= 0.6 is 11.8 Å². The molecule has 102 valence electrons. The maximum absolute atomic E-state index is 5.69. The first-order valence-electron chi connectivity index (χ1n) is 6.30. The van der Waals surface area contributed by atoms with E-state index >= 15 is 0 Å². The molecule has 0 saturated carbocycles. The number of aryl methyl sites for hydroxylation is 1. The molecule has 19 heavy (non-hydrogen) atoms. The predicted octanol–water partition coefficient (Wildman–Crippen LogP) is 2.31. The van der Waals surface area contributed by atoms with Crippen molar-refractivity contribution in [3.05, 3.63) is 35.4 Å². The highest BCUT2D eigenvalue weighted by Crippen LogP contribution is 2.25. The lowest BCUT2D eigenvalue weighted by Crippen LogP contribution is -2.11. The lowest BCUT2D eigenvalue weighted by molar-refractivity contribution is 0.526. The molecule has 2 rings (SSSR count). The molecule has 0 amide bonds. The molecule has 2 heterocycles. The fourth-order valence-corrected chi connectivity index (χ4v) is 2.99. The van der Waals surface area contributed by atoms with Crippen molar-refractivity contribution in [2.24, 2.45) is 5.73 Å². The molecule has 0 aliphatic carbocycles. The third kappa shape index (κ3) is 3.13. The number of thioether (sulfide) groups is 1. The van der Waals surface area contributed by atoms with Gasteiger partial charge in [-0.1, -0.05) is 17.8 Å². The summed E-state index contributed by atoms with van der Waals surface area (Å²) in [7, 11) is 0. The SMILES string of the molecule is Cc1cccnc1CSc1nnc(CN)n1C(C)C. The molecule has 5 nitrogen and oxygen atoms in total. The molecular weight excluding hydrogens is 258 g/mol. The van der Waals surface area contributed by atoms with Crippen molar-refractivity contribution in [3.8, 4) is 0 Å². The maximum Gasteiger partial charge on any atom is 0.191 e. The quantitative estimate of drug-likeness (QED) is 0.849. The first-order valence-corrected chi connectivity index (χ1v) is 7.29. The number of rotatable bonds is 5. The second-order valence-electron chi connectivity index (χ2n) is 4.62. The summed E-state index contributed by atoms with van der Waals surface area (Å²) >= 11 is 1.65. The molecule has 0 aromatic carbocycles. The zero-order valence-electron chi connectivity index (χ0n) is 11.5. The lowest BCUT2D eigenvalue weighted by atomic mass is 10.2. The van der Waals surface area contributed by atoms with Gasteiger partial charge in [0.25, 0.3) is 0 Å². The van der Waals surface area contributed by atoms with Gasteiger partial charge in [-0.25, -0.2) is 0 Å². The van der Waals surface area contributed by atoms with Gasteiger partial charge < -0.3 is 10.3 Å². The molecule has 2 N–H and O–H groups in total. The molecule has 6 heteroatoms. The Morgan fingerprint density at radius 2 is 2.16 bits per heavy atom. The molecule has 0 spiro atoms. The van der Waals surface area contributed by atoms with Crippen molar-refractivity contribution < 1.29 is 0 Å². The monoisotopic (exact) mass is 277 g/mol. The Labute approximate surface area is 117 Å². The summed E-state index contributed by atoms with van der Waals surface area (Å²) in [6, 6.07) is 4.33. The van der Waals surface area contributed by atoms with E-state index in [9.17, 15) is 0 Å². The highest BCUT2D eigenvalue weighted by Gasteiger charge is 2.14. The van der Waals surface area contributed by atoms with Crippen LogP contribution in [0.4, 0.5) is 0 Å². The van der Waals surface area contributed by atoms with E-state index in [0.717, 1.165) is 22.4 Å². The Kier molecular flexibility index (Phi) is 4.55. The lowest BCUT2D eigenvalue weighted by Gasteiger charge is -2.12. The summed E-state index contributed by atoms with van der Waals surface area (Å²) in [4.78, 5) is 4.39. The molecule has 0 unspecified atom stereocenters. The second kappa shape index (κ2) is 6.16. The van der Waals surface area contributed by atoms with Crippen molar-refractivity contribution >= 4 is 11.8 Å². The highest BCUT2D eigenvalue weighted by atomic mass is 32.2. The summed E-state index contributed by atoms with van der Waals surface area (Å²) in [6.45, 7) is 6.70. The number of hydrogen-bond acceptors (Lipinski definition) is 5. The molecule has 0 saturated heterocycles. The van der Waals surface area contributed by atoms with Crippen LogP contribution in [-0.2, 0) is 12.3 Å². The van der Waals surface area contributed by atoms with Crippen LogP contribution in [0.15, 0.2) is 23.5 Å². The summed E-state index contributed by atoms with van der Waals surface area (Å²) in [5, 5.41) is 9.26. The number of aromatic nitrogens is 4. The van der Waals surface area contributed by atoms with Gasteiger partial charge >= 0.3 is 0 Å². The van der Waals surface area contributed by atoms with Crippen LogP contribution in [0.1, 0.15) is 37.0 Å². The van der Waals surface area contributed by atoms with Crippen molar-refractivity contribution in [3.63, 3.8) is 0 Å². The Morgan fingerprint density at radius 1 is 1.37 bits per heavy atom. The van der Waals surface area contributed by atoms with Crippen molar-refractivity contribution in [1.82, 2.24) is 19.7 Å². The van der Waals surface area contributed by atoms with E-state index in [-0.39, 0.29) is 0 Å². The van der Waals surface area contributed by atoms with Crippen LogP contribution in [0, 0.1) is 6.92 Å². The number of nitrogens with zero attached hydrogens (tertiary/aromatic N) is 4. The predicted molar refractivity (Wildman–Crippen MR) is 76.8 cm³/mol. The van der Waals surface area contributed by atoms with Crippen molar-refractivity contribution in [1.29, 1.82) is 0 Å². The van der Waals surface area contributed by atoms with Crippen LogP contribution in [0.3, 0.4) is 0 Å². The van der Waals surface area contributed by atoms with Crippen LogP contribution in [0.2, 0.25) is 0 Å². The van der Waals surface area contributed by atoms with E-state index in [1.165, 1.54) is 5.56 Å². The average molecular weight is 277 g/mol. The van der Waals surface area contributed by atoms with Gasteiger partial charge in [-0.2, -0.15) is 0 Å². The molecule has 2 aromatic heterocycles. The van der Waals surface area contributed by atoms with Crippen LogP contribution in [0.25, 0.3) is 0 Å². The van der Waals surface area contributed by atoms with Crippen molar-refractivity contribution in [2.75, 3.05) is 0 Å². The van der Waals surface area contributed by atoms with E-state index in [1.807, 2.05) is 12.3 Å². The molecule has 2 aromatic rings. The Morgan fingerprint density at radius 3 is 2.79 bits per heavy atom. The van der Waals surface area contributed by atoms with Crippen LogP contribution in [-0.4, -0.2) is 19.7 Å².